The van der Waals surface area contributed by atoms with Gasteiger partial charge in [0.1, 0.15) is 0 Å². The summed E-state index contributed by atoms with van der Waals surface area (Å²) in [6.07, 6.45) is 5.08. The number of carbonyl (C=O) groups is 1. The topological polar surface area (TPSA) is 50.2 Å². The van der Waals surface area contributed by atoms with E-state index >= 15 is 0 Å². The van der Waals surface area contributed by atoms with E-state index < -0.39 is 5.92 Å². The van der Waals surface area contributed by atoms with E-state index in [0.29, 0.717) is 25.9 Å². The lowest BCUT2D eigenvalue weighted by atomic mass is 9.92. The highest BCUT2D eigenvalue weighted by Crippen LogP contribution is 2.33. The number of amides is 2. The summed E-state index contributed by atoms with van der Waals surface area (Å²) in [6.45, 7) is 3.47. The Balaban J connectivity index is 1.34. The van der Waals surface area contributed by atoms with Crippen LogP contribution in [0.5, 0.6) is 0 Å². The SMILES string of the molecule is CCc1cccc2c1cnn2C1CCN(C(=O)NC2CCC(F)(F)CC2)CC1. The third-order valence-corrected chi connectivity index (χ3v) is 6.25. The van der Waals surface area contributed by atoms with Crippen molar-refractivity contribution in [2.45, 2.75) is 69.9 Å². The molecule has 0 bridgehead atoms. The number of piperidine rings is 1. The molecule has 1 aliphatic heterocycles. The van der Waals surface area contributed by atoms with E-state index in [4.69, 9.17) is 0 Å². The fourth-order valence-corrected chi connectivity index (χ4v) is 4.49. The molecule has 1 aromatic heterocycles. The van der Waals surface area contributed by atoms with Gasteiger partial charge in [0.15, 0.2) is 0 Å². The Morgan fingerprint density at radius 3 is 2.61 bits per heavy atom. The molecule has 2 amide bonds. The summed E-state index contributed by atoms with van der Waals surface area (Å²) in [6, 6.07) is 6.36. The smallest absolute Gasteiger partial charge is 0.317 e. The van der Waals surface area contributed by atoms with Crippen molar-refractivity contribution in [1.29, 1.82) is 0 Å². The highest BCUT2D eigenvalue weighted by molar-refractivity contribution is 5.82. The number of hydrogen-bond acceptors (Lipinski definition) is 2. The molecule has 5 nitrogen and oxygen atoms in total. The molecule has 4 rings (SSSR count). The Kier molecular flexibility index (Phi) is 5.25. The molecule has 1 saturated carbocycles. The summed E-state index contributed by atoms with van der Waals surface area (Å²) in [4.78, 5) is 14.3. The van der Waals surface area contributed by atoms with Crippen molar-refractivity contribution < 1.29 is 13.6 Å². The number of likely N-dealkylation sites (tertiary alicyclic amines) is 1. The van der Waals surface area contributed by atoms with Gasteiger partial charge >= 0.3 is 6.03 Å². The Labute approximate surface area is 164 Å². The molecule has 1 aliphatic carbocycles. The molecule has 0 spiro atoms. The lowest BCUT2D eigenvalue weighted by Gasteiger charge is -2.35. The summed E-state index contributed by atoms with van der Waals surface area (Å²) in [5.41, 5.74) is 2.46. The molecule has 7 heteroatoms. The number of aromatic nitrogens is 2. The third kappa shape index (κ3) is 3.84. The Hall–Kier alpha value is -2.18. The minimum atomic E-state index is -2.57. The van der Waals surface area contributed by atoms with Gasteiger partial charge in [-0.15, -0.1) is 0 Å². The highest BCUT2D eigenvalue weighted by Gasteiger charge is 2.36. The largest absolute Gasteiger partial charge is 0.335 e. The normalized spacial score (nSPS) is 21.2. The van der Waals surface area contributed by atoms with E-state index in [1.165, 1.54) is 10.9 Å². The van der Waals surface area contributed by atoms with E-state index in [2.05, 4.69) is 40.2 Å². The van der Waals surface area contributed by atoms with Gasteiger partial charge in [-0.05, 0) is 43.7 Å². The second-order valence-electron chi connectivity index (χ2n) is 8.09. The first-order valence-electron chi connectivity index (χ1n) is 10.4. The number of carbonyl (C=O) groups excluding carboxylic acids is 1. The molecule has 1 aromatic carbocycles. The second kappa shape index (κ2) is 7.68. The number of rotatable bonds is 3. The maximum Gasteiger partial charge on any atom is 0.317 e. The van der Waals surface area contributed by atoms with Gasteiger partial charge in [-0.2, -0.15) is 5.10 Å². The zero-order chi connectivity index (χ0) is 19.7. The number of hydrogen-bond donors (Lipinski definition) is 1. The molecule has 1 saturated heterocycles. The molecule has 1 N–H and O–H groups in total. The van der Waals surface area contributed by atoms with Gasteiger partial charge in [-0.3, -0.25) is 4.68 Å². The zero-order valence-corrected chi connectivity index (χ0v) is 16.3. The summed E-state index contributed by atoms with van der Waals surface area (Å²) in [7, 11) is 0. The van der Waals surface area contributed by atoms with Crippen molar-refractivity contribution in [1.82, 2.24) is 20.0 Å². The molecular formula is C21H28F2N4O. The molecule has 2 heterocycles. The summed E-state index contributed by atoms with van der Waals surface area (Å²) in [5, 5.41) is 8.79. The number of alkyl halides is 2. The van der Waals surface area contributed by atoms with Crippen LogP contribution in [-0.4, -0.2) is 45.8 Å². The van der Waals surface area contributed by atoms with Crippen LogP contribution in [0.25, 0.3) is 10.9 Å². The van der Waals surface area contributed by atoms with Crippen LogP contribution in [-0.2, 0) is 6.42 Å². The predicted octanol–water partition coefficient (Wildman–Crippen LogP) is 4.52. The van der Waals surface area contributed by atoms with Crippen molar-refractivity contribution in [3.05, 3.63) is 30.0 Å². The molecule has 0 atom stereocenters. The number of halogens is 2. The zero-order valence-electron chi connectivity index (χ0n) is 16.3. The highest BCUT2D eigenvalue weighted by atomic mass is 19.3. The van der Waals surface area contributed by atoms with Crippen molar-refractivity contribution in [2.24, 2.45) is 0 Å². The quantitative estimate of drug-likeness (QED) is 0.838. The number of fused-ring (bicyclic) bond motifs is 1. The summed E-state index contributed by atoms with van der Waals surface area (Å²) < 4.78 is 28.7. The third-order valence-electron chi connectivity index (χ3n) is 6.25. The molecule has 2 fully saturated rings. The summed E-state index contributed by atoms with van der Waals surface area (Å²) in [5.74, 6) is -2.57. The van der Waals surface area contributed by atoms with E-state index in [0.717, 1.165) is 24.8 Å². The standard InChI is InChI=1S/C21H28F2N4O/c1-2-15-4-3-5-19-18(15)14-24-27(19)17-8-12-26(13-9-17)20(28)25-16-6-10-21(22,23)11-7-16/h3-5,14,16-17H,2,6-13H2,1H3,(H,25,28). The molecular weight excluding hydrogens is 362 g/mol. The molecule has 152 valence electrons. The van der Waals surface area contributed by atoms with Crippen molar-refractivity contribution in [3.8, 4) is 0 Å². The lowest BCUT2D eigenvalue weighted by molar-refractivity contribution is -0.0398. The van der Waals surface area contributed by atoms with Crippen LogP contribution in [0, 0.1) is 0 Å². The number of urea groups is 1. The maximum absolute atomic E-state index is 13.3. The van der Waals surface area contributed by atoms with Crippen molar-refractivity contribution in [2.75, 3.05) is 13.1 Å². The number of nitrogens with one attached hydrogen (secondary N) is 1. The van der Waals surface area contributed by atoms with Gasteiger partial charge in [0.25, 0.3) is 0 Å². The molecule has 2 aliphatic rings. The van der Waals surface area contributed by atoms with Gasteiger partial charge < -0.3 is 10.2 Å². The fourth-order valence-electron chi connectivity index (χ4n) is 4.49. The average Bonchev–Trinajstić information content (AvgIpc) is 3.14. The van der Waals surface area contributed by atoms with Gasteiger partial charge in [0.2, 0.25) is 5.92 Å². The first-order chi connectivity index (χ1) is 13.5. The van der Waals surface area contributed by atoms with Crippen LogP contribution in [0.4, 0.5) is 13.6 Å². The van der Waals surface area contributed by atoms with Crippen LogP contribution in [0.2, 0.25) is 0 Å². The molecule has 2 aromatic rings. The van der Waals surface area contributed by atoms with Crippen LogP contribution in [0.3, 0.4) is 0 Å². The molecule has 0 unspecified atom stereocenters. The minimum absolute atomic E-state index is 0.118. The van der Waals surface area contributed by atoms with Crippen LogP contribution >= 0.6 is 0 Å². The first-order valence-corrected chi connectivity index (χ1v) is 10.4. The number of nitrogens with zero attached hydrogens (tertiary/aromatic N) is 3. The number of aryl methyl sites for hydroxylation is 1. The number of benzene rings is 1. The van der Waals surface area contributed by atoms with E-state index in [-0.39, 0.29) is 31.0 Å². The van der Waals surface area contributed by atoms with Gasteiger partial charge in [-0.25, -0.2) is 13.6 Å². The molecule has 0 radical (unpaired) electrons. The first kappa shape index (κ1) is 19.2. The van der Waals surface area contributed by atoms with Crippen LogP contribution in [0.15, 0.2) is 24.4 Å². The Morgan fingerprint density at radius 2 is 1.93 bits per heavy atom. The van der Waals surface area contributed by atoms with Gasteiger partial charge in [0, 0.05) is 37.4 Å². The summed E-state index contributed by atoms with van der Waals surface area (Å²) >= 11 is 0. The van der Waals surface area contributed by atoms with Gasteiger partial charge in [0.05, 0.1) is 17.8 Å². The predicted molar refractivity (Wildman–Crippen MR) is 105 cm³/mol. The Bertz CT molecular complexity index is 832. The fraction of sp³-hybridized carbons (Fsp3) is 0.619. The lowest BCUT2D eigenvalue weighted by Crippen LogP contribution is -2.49. The van der Waals surface area contributed by atoms with Gasteiger partial charge in [-0.1, -0.05) is 19.1 Å². The van der Waals surface area contributed by atoms with Crippen LogP contribution in [0.1, 0.15) is 57.1 Å². The monoisotopic (exact) mass is 390 g/mol. The second-order valence-corrected chi connectivity index (χ2v) is 8.09. The minimum Gasteiger partial charge on any atom is -0.335 e. The Morgan fingerprint density at radius 1 is 1.21 bits per heavy atom. The van der Waals surface area contributed by atoms with Crippen molar-refractivity contribution >= 4 is 16.9 Å². The van der Waals surface area contributed by atoms with E-state index in [9.17, 15) is 13.6 Å². The van der Waals surface area contributed by atoms with Crippen LogP contribution < -0.4 is 5.32 Å². The van der Waals surface area contributed by atoms with E-state index in [1.54, 1.807) is 0 Å². The molecule has 28 heavy (non-hydrogen) atoms. The maximum atomic E-state index is 13.3. The average molecular weight is 390 g/mol. The van der Waals surface area contributed by atoms with Crippen molar-refractivity contribution in [3.63, 3.8) is 0 Å². The van der Waals surface area contributed by atoms with E-state index in [1.807, 2.05) is 11.1 Å².